The molecule has 0 atom stereocenters. The van der Waals surface area contributed by atoms with Crippen LogP contribution in [0.4, 0.5) is 5.69 Å². The Morgan fingerprint density at radius 1 is 1.26 bits per heavy atom. The van der Waals surface area contributed by atoms with Crippen LogP contribution in [0.3, 0.4) is 0 Å². The summed E-state index contributed by atoms with van der Waals surface area (Å²) >= 11 is 0. The Bertz CT molecular complexity index is 571. The van der Waals surface area contributed by atoms with E-state index in [9.17, 15) is 0 Å². The van der Waals surface area contributed by atoms with E-state index in [1.54, 1.807) is 0 Å². The van der Waals surface area contributed by atoms with E-state index < -0.39 is 0 Å². The van der Waals surface area contributed by atoms with Crippen LogP contribution in [0.15, 0.2) is 23.2 Å². The fourth-order valence-electron chi connectivity index (χ4n) is 2.75. The largest absolute Gasteiger partial charge is 0.490 e. The van der Waals surface area contributed by atoms with Crippen LogP contribution in [-0.4, -0.2) is 25.7 Å². The molecule has 6 heteroatoms. The first kappa shape index (κ1) is 18.2. The van der Waals surface area contributed by atoms with Gasteiger partial charge in [-0.1, -0.05) is 13.8 Å². The molecule has 0 spiro atoms. The van der Waals surface area contributed by atoms with Crippen molar-refractivity contribution in [3.63, 3.8) is 0 Å². The molecule has 1 fully saturated rings. The molecule has 1 aliphatic heterocycles. The van der Waals surface area contributed by atoms with Gasteiger partial charge in [-0.05, 0) is 36.3 Å². The van der Waals surface area contributed by atoms with Crippen molar-refractivity contribution in [1.29, 1.82) is 0 Å². The third-order valence-electron chi connectivity index (χ3n) is 4.70. The van der Waals surface area contributed by atoms with Crippen molar-refractivity contribution in [1.82, 2.24) is 0 Å². The molecule has 1 heterocycles. The summed E-state index contributed by atoms with van der Waals surface area (Å²) in [5.41, 5.74) is 7.26. The highest BCUT2D eigenvalue weighted by Crippen LogP contribution is 2.51. The van der Waals surface area contributed by atoms with Gasteiger partial charge in [0.05, 0.1) is 13.2 Å². The molecular weight excluding hydrogens is 405 g/mol. The van der Waals surface area contributed by atoms with Gasteiger partial charge < -0.3 is 20.5 Å². The molecule has 3 N–H and O–H groups in total. The van der Waals surface area contributed by atoms with Crippen LogP contribution < -0.4 is 20.5 Å². The maximum absolute atomic E-state index is 6.01. The highest BCUT2D eigenvalue weighted by atomic mass is 127. The maximum Gasteiger partial charge on any atom is 0.193 e. The number of hydrogen-bond acceptors (Lipinski definition) is 3. The average Bonchev–Trinajstić information content (AvgIpc) is 3.29. The molecule has 0 aromatic heterocycles. The average molecular weight is 431 g/mol. The number of rotatable bonds is 4. The van der Waals surface area contributed by atoms with Gasteiger partial charge in [0.1, 0.15) is 0 Å². The second kappa shape index (κ2) is 7.59. The zero-order chi connectivity index (χ0) is 15.6. The van der Waals surface area contributed by atoms with Gasteiger partial charge in [-0.2, -0.15) is 0 Å². The lowest BCUT2D eigenvalue weighted by Crippen LogP contribution is -2.25. The van der Waals surface area contributed by atoms with Gasteiger partial charge >= 0.3 is 0 Å². The number of hydrogen-bond donors (Lipinski definition) is 2. The molecule has 0 radical (unpaired) electrons. The molecule has 0 saturated heterocycles. The van der Waals surface area contributed by atoms with Crippen LogP contribution in [0.1, 0.15) is 33.1 Å². The lowest BCUT2D eigenvalue weighted by atomic mass is 9.93. The number of anilines is 1. The van der Waals surface area contributed by atoms with Crippen LogP contribution >= 0.6 is 24.0 Å². The predicted molar refractivity (Wildman–Crippen MR) is 104 cm³/mol. The molecule has 0 amide bonds. The summed E-state index contributed by atoms with van der Waals surface area (Å²) in [4.78, 5) is 4.52. The first-order chi connectivity index (χ1) is 10.6. The second-order valence-corrected chi connectivity index (χ2v) is 6.56. The van der Waals surface area contributed by atoms with E-state index in [0.717, 1.165) is 30.2 Å². The summed E-state index contributed by atoms with van der Waals surface area (Å²) in [6.45, 7) is 6.69. The first-order valence-electron chi connectivity index (χ1n) is 8.06. The van der Waals surface area contributed by atoms with Gasteiger partial charge in [0.15, 0.2) is 17.5 Å². The normalized spacial score (nSPS) is 18.8. The van der Waals surface area contributed by atoms with E-state index >= 15 is 0 Å². The van der Waals surface area contributed by atoms with Crippen LogP contribution in [0, 0.1) is 11.3 Å². The quantitative estimate of drug-likeness (QED) is 0.434. The van der Waals surface area contributed by atoms with Crippen molar-refractivity contribution in [3.05, 3.63) is 18.2 Å². The molecule has 2 aliphatic rings. The number of nitrogens with zero attached hydrogens (tertiary/aromatic N) is 1. The molecule has 0 bridgehead atoms. The summed E-state index contributed by atoms with van der Waals surface area (Å²) in [7, 11) is 0. The van der Waals surface area contributed by atoms with Crippen molar-refractivity contribution in [2.45, 2.75) is 33.1 Å². The van der Waals surface area contributed by atoms with Crippen LogP contribution in [0.25, 0.3) is 0 Å². The molecular formula is C17H26IN3O2. The molecule has 3 rings (SSSR count). The van der Waals surface area contributed by atoms with E-state index in [1.807, 2.05) is 18.2 Å². The number of fused-ring (bicyclic) bond motifs is 1. The van der Waals surface area contributed by atoms with Gasteiger partial charge in [0.2, 0.25) is 0 Å². The van der Waals surface area contributed by atoms with Crippen LogP contribution in [0.5, 0.6) is 11.5 Å². The van der Waals surface area contributed by atoms with Crippen molar-refractivity contribution < 1.29 is 9.47 Å². The Balaban J connectivity index is 0.00000192. The molecule has 1 aromatic carbocycles. The minimum atomic E-state index is 0. The summed E-state index contributed by atoms with van der Waals surface area (Å²) in [5.74, 6) is 2.66. The topological polar surface area (TPSA) is 68.9 Å². The van der Waals surface area contributed by atoms with Crippen molar-refractivity contribution in [3.8, 4) is 11.5 Å². The monoisotopic (exact) mass is 431 g/mol. The molecule has 1 aliphatic carbocycles. The molecule has 128 valence electrons. The van der Waals surface area contributed by atoms with E-state index in [2.05, 4.69) is 24.2 Å². The summed E-state index contributed by atoms with van der Waals surface area (Å²) < 4.78 is 11.3. The number of nitrogens with one attached hydrogen (secondary N) is 1. The number of aliphatic imine (C=N–C) groups is 1. The van der Waals surface area contributed by atoms with Gasteiger partial charge in [-0.25, -0.2) is 0 Å². The minimum Gasteiger partial charge on any atom is -0.490 e. The van der Waals surface area contributed by atoms with E-state index in [1.165, 1.54) is 12.8 Å². The summed E-state index contributed by atoms with van der Waals surface area (Å²) in [6.07, 6.45) is 3.41. The zero-order valence-corrected chi connectivity index (χ0v) is 16.1. The van der Waals surface area contributed by atoms with E-state index in [0.29, 0.717) is 30.5 Å². The van der Waals surface area contributed by atoms with Gasteiger partial charge in [0, 0.05) is 24.7 Å². The Labute approximate surface area is 155 Å². The van der Waals surface area contributed by atoms with Crippen LogP contribution in [-0.2, 0) is 0 Å². The predicted octanol–water partition coefficient (Wildman–Crippen LogP) is 3.63. The molecule has 23 heavy (non-hydrogen) atoms. The molecule has 0 unspecified atom stereocenters. The lowest BCUT2D eigenvalue weighted by molar-refractivity contribution is 0.297. The highest BCUT2D eigenvalue weighted by Gasteiger charge is 2.45. The minimum absolute atomic E-state index is 0. The van der Waals surface area contributed by atoms with Gasteiger partial charge in [-0.3, -0.25) is 4.99 Å². The van der Waals surface area contributed by atoms with Crippen molar-refractivity contribution in [2.75, 3.05) is 25.1 Å². The fourth-order valence-corrected chi connectivity index (χ4v) is 2.75. The van der Waals surface area contributed by atoms with Crippen molar-refractivity contribution >= 4 is 35.6 Å². The number of halogens is 1. The number of guanidine groups is 1. The van der Waals surface area contributed by atoms with Crippen LogP contribution in [0.2, 0.25) is 0 Å². The second-order valence-electron chi connectivity index (χ2n) is 6.56. The standard InChI is InChI=1S/C17H25N3O2.HI/c1-12(2)17(6-7-17)11-19-16(18)20-13-4-5-14-15(10-13)22-9-3-8-21-14;/h4-5,10,12H,3,6-9,11H2,1-2H3,(H3,18,19,20);1H. The van der Waals surface area contributed by atoms with E-state index in [4.69, 9.17) is 15.2 Å². The highest BCUT2D eigenvalue weighted by molar-refractivity contribution is 14.0. The number of nitrogens with two attached hydrogens (primary N) is 1. The fraction of sp³-hybridized carbons (Fsp3) is 0.588. The number of benzene rings is 1. The molecule has 1 saturated carbocycles. The smallest absolute Gasteiger partial charge is 0.193 e. The lowest BCUT2D eigenvalue weighted by Gasteiger charge is -2.17. The van der Waals surface area contributed by atoms with E-state index in [-0.39, 0.29) is 24.0 Å². The van der Waals surface area contributed by atoms with Crippen molar-refractivity contribution in [2.24, 2.45) is 22.1 Å². The molecule has 5 nitrogen and oxygen atoms in total. The Morgan fingerprint density at radius 3 is 2.61 bits per heavy atom. The Kier molecular flexibility index (Phi) is 6.00. The first-order valence-corrected chi connectivity index (χ1v) is 8.06. The summed E-state index contributed by atoms with van der Waals surface area (Å²) in [6, 6.07) is 5.76. The maximum atomic E-state index is 6.01. The Morgan fingerprint density at radius 2 is 1.96 bits per heavy atom. The summed E-state index contributed by atoms with van der Waals surface area (Å²) in [5, 5.41) is 3.14. The third-order valence-corrected chi connectivity index (χ3v) is 4.70. The Hall–Kier alpha value is -1.18. The zero-order valence-electron chi connectivity index (χ0n) is 13.8. The van der Waals surface area contributed by atoms with Gasteiger partial charge in [0.25, 0.3) is 0 Å². The number of ether oxygens (including phenoxy) is 2. The molecule has 1 aromatic rings. The van der Waals surface area contributed by atoms with Gasteiger partial charge in [-0.15, -0.1) is 24.0 Å². The third kappa shape index (κ3) is 4.43. The SMILES string of the molecule is CC(C)C1(CN=C(N)Nc2ccc3c(c2)OCCCO3)CC1.I.